The van der Waals surface area contributed by atoms with Crippen LogP contribution < -0.4 is 31.1 Å². The maximum atomic E-state index is 13.2. The van der Waals surface area contributed by atoms with Crippen molar-refractivity contribution in [1.29, 1.82) is 0 Å². The van der Waals surface area contributed by atoms with Gasteiger partial charge in [-0.1, -0.05) is 64.1 Å². The van der Waals surface area contributed by atoms with E-state index >= 15 is 0 Å². The minimum atomic E-state index is -0.762. The topological polar surface area (TPSA) is 163 Å². The summed E-state index contributed by atoms with van der Waals surface area (Å²) in [6.07, 6.45) is 2.34. The molecule has 0 saturated carbocycles. The van der Waals surface area contributed by atoms with Crippen molar-refractivity contribution in [3.8, 4) is 11.1 Å². The highest BCUT2D eigenvalue weighted by Gasteiger charge is 2.36. The number of anilines is 4. The summed E-state index contributed by atoms with van der Waals surface area (Å²) < 4.78 is 14.9. The second kappa shape index (κ2) is 19.5. The summed E-state index contributed by atoms with van der Waals surface area (Å²) in [6, 6.07) is 27.0. The molecule has 2 fully saturated rings. The predicted molar refractivity (Wildman–Crippen MR) is 228 cm³/mol. The number of hydrogen-bond donors (Lipinski definition) is 4. The van der Waals surface area contributed by atoms with Gasteiger partial charge in [-0.25, -0.2) is 14.6 Å². The first-order valence-corrected chi connectivity index (χ1v) is 20.1. The second-order valence-corrected chi connectivity index (χ2v) is 15.5. The lowest BCUT2D eigenvalue weighted by molar-refractivity contribution is -0.119. The number of morpholine rings is 1. The number of alkyl carbamates (subject to hydrolysis) is 2. The number of benzene rings is 3. The maximum absolute atomic E-state index is 13.2. The molecular weight excluding hydrogens is 751 g/mol. The fraction of sp³-hybridized carbons (Fsp3) is 0.400. The van der Waals surface area contributed by atoms with E-state index in [4.69, 9.17) is 19.2 Å². The molecule has 14 nitrogen and oxygen atoms in total. The van der Waals surface area contributed by atoms with Crippen LogP contribution in [0.15, 0.2) is 91.1 Å². The number of hydrogen-bond acceptors (Lipinski definition) is 10. The first kappa shape index (κ1) is 42.5. The monoisotopic (exact) mass is 805 g/mol. The van der Waals surface area contributed by atoms with Gasteiger partial charge in [-0.2, -0.15) is 0 Å². The smallest absolute Gasteiger partial charge is 0.407 e. The van der Waals surface area contributed by atoms with Crippen molar-refractivity contribution in [2.45, 2.75) is 64.7 Å². The molecule has 0 bridgehead atoms. The van der Waals surface area contributed by atoms with Gasteiger partial charge in [-0.3, -0.25) is 9.59 Å². The third kappa shape index (κ3) is 10.5. The fourth-order valence-corrected chi connectivity index (χ4v) is 7.65. The molecule has 2 saturated heterocycles. The molecule has 4 amide bonds. The molecule has 0 spiro atoms. The van der Waals surface area contributed by atoms with Crippen molar-refractivity contribution in [3.05, 3.63) is 102 Å². The quantitative estimate of drug-likeness (QED) is 0.108. The van der Waals surface area contributed by atoms with Gasteiger partial charge in [0, 0.05) is 41.9 Å². The molecule has 6 rings (SSSR count). The third-order valence-corrected chi connectivity index (χ3v) is 10.9. The van der Waals surface area contributed by atoms with Crippen molar-refractivity contribution >= 4 is 46.9 Å². The molecule has 3 aromatic carbocycles. The Hall–Kier alpha value is -6.15. The van der Waals surface area contributed by atoms with Crippen LogP contribution in [0.2, 0.25) is 0 Å². The average molecular weight is 806 g/mol. The summed E-state index contributed by atoms with van der Waals surface area (Å²) in [5.41, 5.74) is 6.56. The molecule has 1 aromatic heterocycles. The third-order valence-electron chi connectivity index (χ3n) is 10.9. The number of amides is 4. The molecule has 0 radical (unpaired) electrons. The van der Waals surface area contributed by atoms with Crippen LogP contribution in [0.25, 0.3) is 11.1 Å². The van der Waals surface area contributed by atoms with Crippen molar-refractivity contribution in [3.63, 3.8) is 0 Å². The Morgan fingerprint density at radius 3 is 1.51 bits per heavy atom. The summed E-state index contributed by atoms with van der Waals surface area (Å²) in [6.45, 7) is 10.5. The summed E-state index contributed by atoms with van der Waals surface area (Å²) in [4.78, 5) is 59.5. The molecule has 4 N–H and O–H groups in total. The van der Waals surface area contributed by atoms with Crippen LogP contribution in [-0.2, 0) is 23.8 Å². The van der Waals surface area contributed by atoms with Crippen LogP contribution >= 0.6 is 0 Å². The number of carbonyl (C=O) groups excluding carboxylic acids is 4. The van der Waals surface area contributed by atoms with Gasteiger partial charge >= 0.3 is 12.2 Å². The van der Waals surface area contributed by atoms with Crippen LogP contribution in [0, 0.1) is 11.8 Å². The van der Waals surface area contributed by atoms with Gasteiger partial charge in [0.1, 0.15) is 17.9 Å². The highest BCUT2D eigenvalue weighted by molar-refractivity contribution is 5.97. The molecule has 312 valence electrons. The highest BCUT2D eigenvalue weighted by atomic mass is 16.5. The Balaban J connectivity index is 1.24. The summed E-state index contributed by atoms with van der Waals surface area (Å²) in [7, 11) is 2.53. The first-order chi connectivity index (χ1) is 28.4. The van der Waals surface area contributed by atoms with Gasteiger partial charge in [0.25, 0.3) is 0 Å². The van der Waals surface area contributed by atoms with E-state index in [1.54, 1.807) is 0 Å². The molecule has 0 aliphatic carbocycles. The molecule has 2 aliphatic rings. The molecule has 2 aliphatic heterocycles. The second-order valence-electron chi connectivity index (χ2n) is 15.5. The number of rotatable bonds is 13. The van der Waals surface area contributed by atoms with Crippen molar-refractivity contribution in [1.82, 2.24) is 15.6 Å². The SMILES string of the molecule is COC(=O)N[C@H](C(=O)Nc1ccc([C@@H]2CC[C@@H](c3ccc(NC(=O)[C@@H](NC(=O)OC)C(C)C)cc3)N2c2ccc(-c3ccc(N4CCOCC4)nc3)cc2)cc1)C(C)C. The molecule has 14 heteroatoms. The lowest BCUT2D eigenvalue weighted by Crippen LogP contribution is -2.47. The highest BCUT2D eigenvalue weighted by Crippen LogP contribution is 2.47. The van der Waals surface area contributed by atoms with Crippen molar-refractivity contribution in [2.75, 3.05) is 61.0 Å². The lowest BCUT2D eigenvalue weighted by atomic mass is 10.0. The van der Waals surface area contributed by atoms with Crippen LogP contribution in [0.3, 0.4) is 0 Å². The standard InChI is InChI=1S/C45H55N7O7/c1-28(2)40(49-44(55)57-5)42(53)47-34-14-7-31(8-15-34)37-20-21-38(32-9-16-35(17-10-32)48-43(54)41(29(3)4)50-45(56)58-6)52(37)36-18-11-30(12-19-36)33-13-22-39(46-27-33)51-23-25-59-26-24-51/h7-19,22,27-29,37-38,40-41H,20-21,23-26H2,1-6H3,(H,47,53)(H,48,54)(H,49,55)(H,50,56)/t37-,38-,40-,41-/m0/s1. The number of methoxy groups -OCH3 is 2. The predicted octanol–water partition coefficient (Wildman–Crippen LogP) is 7.31. The van der Waals surface area contributed by atoms with E-state index in [9.17, 15) is 19.2 Å². The Kier molecular flexibility index (Phi) is 14.1. The largest absolute Gasteiger partial charge is 0.453 e. The van der Waals surface area contributed by atoms with E-state index in [0.29, 0.717) is 24.6 Å². The zero-order chi connectivity index (χ0) is 42.1. The Bertz CT molecular complexity index is 1940. The normalized spacial score (nSPS) is 17.6. The maximum Gasteiger partial charge on any atom is 0.407 e. The van der Waals surface area contributed by atoms with Gasteiger partial charge in [0.05, 0.1) is 39.5 Å². The van der Waals surface area contributed by atoms with Gasteiger partial charge in [0.15, 0.2) is 0 Å². The van der Waals surface area contributed by atoms with Gasteiger partial charge in [0.2, 0.25) is 11.8 Å². The van der Waals surface area contributed by atoms with Crippen LogP contribution in [-0.4, -0.2) is 81.6 Å². The van der Waals surface area contributed by atoms with E-state index in [0.717, 1.165) is 59.7 Å². The van der Waals surface area contributed by atoms with Crippen LogP contribution in [0.4, 0.5) is 32.5 Å². The number of nitrogens with one attached hydrogen (secondary N) is 4. The van der Waals surface area contributed by atoms with E-state index < -0.39 is 24.3 Å². The Morgan fingerprint density at radius 2 is 1.10 bits per heavy atom. The zero-order valence-corrected chi connectivity index (χ0v) is 34.6. The summed E-state index contributed by atoms with van der Waals surface area (Å²) in [5, 5.41) is 11.1. The van der Waals surface area contributed by atoms with Gasteiger partial charge < -0.3 is 45.3 Å². The summed E-state index contributed by atoms with van der Waals surface area (Å²) >= 11 is 0. The minimum absolute atomic E-state index is 0.0186. The van der Waals surface area contributed by atoms with E-state index in [-0.39, 0.29) is 35.7 Å². The molecule has 4 aromatic rings. The minimum Gasteiger partial charge on any atom is -0.453 e. The van der Waals surface area contributed by atoms with Crippen molar-refractivity contribution in [2.24, 2.45) is 11.8 Å². The number of nitrogens with zero attached hydrogens (tertiary/aromatic N) is 3. The van der Waals surface area contributed by atoms with Gasteiger partial charge in [-0.15, -0.1) is 0 Å². The number of carbonyl (C=O) groups is 4. The molecule has 59 heavy (non-hydrogen) atoms. The van der Waals surface area contributed by atoms with E-state index in [1.807, 2.05) is 82.4 Å². The molecule has 3 heterocycles. The molecular formula is C45H55N7O7. The van der Waals surface area contributed by atoms with Crippen LogP contribution in [0.5, 0.6) is 0 Å². The molecule has 0 unspecified atom stereocenters. The summed E-state index contributed by atoms with van der Waals surface area (Å²) in [5.74, 6) is -0.0138. The fourth-order valence-electron chi connectivity index (χ4n) is 7.65. The van der Waals surface area contributed by atoms with E-state index in [1.165, 1.54) is 14.2 Å². The van der Waals surface area contributed by atoms with Gasteiger partial charge in [-0.05, 0) is 89.9 Å². The first-order valence-electron chi connectivity index (χ1n) is 20.1. The van der Waals surface area contributed by atoms with Crippen molar-refractivity contribution < 1.29 is 33.4 Å². The number of pyridine rings is 1. The Morgan fingerprint density at radius 1 is 0.644 bits per heavy atom. The molecule has 4 atom stereocenters. The number of aromatic nitrogens is 1. The zero-order valence-electron chi connectivity index (χ0n) is 34.6. The number of ether oxygens (including phenoxy) is 3. The lowest BCUT2D eigenvalue weighted by Gasteiger charge is -2.33. The van der Waals surface area contributed by atoms with Crippen LogP contribution in [0.1, 0.15) is 63.7 Å². The Labute approximate surface area is 346 Å². The van der Waals surface area contributed by atoms with E-state index in [2.05, 4.69) is 67.5 Å². The average Bonchev–Trinajstić information content (AvgIpc) is 3.70.